The summed E-state index contributed by atoms with van der Waals surface area (Å²) in [5.74, 6) is -0.204. The number of rotatable bonds is 3. The smallest absolute Gasteiger partial charge is 0.309 e. The van der Waals surface area contributed by atoms with Gasteiger partial charge in [-0.25, -0.2) is 4.68 Å². The van der Waals surface area contributed by atoms with Gasteiger partial charge in [0.1, 0.15) is 5.02 Å². The number of nitrogens with zero attached hydrogens (tertiary/aromatic N) is 3. The minimum absolute atomic E-state index is 0.120. The SMILES string of the molecule is CN(C)c1cnn(C23C[C@@H]4CC(C[C@H](C4)C2)[C@@H]3C(=O)O)c(=O)c1Cl. The van der Waals surface area contributed by atoms with E-state index in [1.54, 1.807) is 25.2 Å². The normalized spacial score (nSPS) is 36.8. The molecule has 0 unspecified atom stereocenters. The van der Waals surface area contributed by atoms with Gasteiger partial charge in [-0.3, -0.25) is 9.59 Å². The Morgan fingerprint density at radius 1 is 1.33 bits per heavy atom. The number of carboxylic acid groups (broad SMARTS) is 1. The van der Waals surface area contributed by atoms with Crippen LogP contribution in [-0.2, 0) is 10.3 Å². The summed E-state index contributed by atoms with van der Waals surface area (Å²) >= 11 is 6.30. The van der Waals surface area contributed by atoms with Crippen LogP contribution in [0.3, 0.4) is 0 Å². The van der Waals surface area contributed by atoms with Crippen LogP contribution in [0.2, 0.25) is 5.02 Å². The molecule has 24 heavy (non-hydrogen) atoms. The number of carboxylic acids is 1. The van der Waals surface area contributed by atoms with Crippen molar-refractivity contribution in [3.63, 3.8) is 0 Å². The number of hydrogen-bond donors (Lipinski definition) is 1. The molecule has 3 atom stereocenters. The van der Waals surface area contributed by atoms with Gasteiger partial charge in [0.15, 0.2) is 0 Å². The molecule has 1 aromatic rings. The lowest BCUT2D eigenvalue weighted by Crippen LogP contribution is -2.63. The van der Waals surface area contributed by atoms with Crippen molar-refractivity contribution in [2.24, 2.45) is 23.7 Å². The molecular weight excluding hydrogens is 330 g/mol. The summed E-state index contributed by atoms with van der Waals surface area (Å²) in [6, 6.07) is 0. The Morgan fingerprint density at radius 3 is 2.50 bits per heavy atom. The molecule has 130 valence electrons. The van der Waals surface area contributed by atoms with E-state index in [1.165, 1.54) is 4.68 Å². The molecule has 0 aliphatic heterocycles. The van der Waals surface area contributed by atoms with Gasteiger partial charge in [-0.05, 0) is 49.9 Å². The molecule has 4 bridgehead atoms. The van der Waals surface area contributed by atoms with Crippen LogP contribution < -0.4 is 10.5 Å². The molecule has 5 rings (SSSR count). The second kappa shape index (κ2) is 5.22. The summed E-state index contributed by atoms with van der Waals surface area (Å²) in [7, 11) is 3.61. The molecule has 4 saturated carbocycles. The van der Waals surface area contributed by atoms with Crippen molar-refractivity contribution < 1.29 is 9.90 Å². The predicted molar refractivity (Wildman–Crippen MR) is 90.5 cm³/mol. The third-order valence-corrected chi connectivity index (χ3v) is 6.70. The number of aromatic nitrogens is 2. The van der Waals surface area contributed by atoms with E-state index in [2.05, 4.69) is 5.10 Å². The van der Waals surface area contributed by atoms with Crippen LogP contribution >= 0.6 is 11.6 Å². The van der Waals surface area contributed by atoms with Crippen LogP contribution in [0.4, 0.5) is 5.69 Å². The number of halogens is 1. The van der Waals surface area contributed by atoms with E-state index in [9.17, 15) is 14.7 Å². The number of hydrogen-bond acceptors (Lipinski definition) is 4. The zero-order valence-electron chi connectivity index (χ0n) is 13.9. The van der Waals surface area contributed by atoms with Crippen molar-refractivity contribution >= 4 is 23.3 Å². The molecule has 7 heteroatoms. The first-order valence-electron chi connectivity index (χ1n) is 8.52. The molecular formula is C17H22ClN3O3. The molecule has 1 aromatic heterocycles. The Kier molecular flexibility index (Phi) is 3.46. The van der Waals surface area contributed by atoms with Crippen molar-refractivity contribution in [1.82, 2.24) is 9.78 Å². The van der Waals surface area contributed by atoms with Gasteiger partial charge >= 0.3 is 5.97 Å². The van der Waals surface area contributed by atoms with E-state index in [-0.39, 0.29) is 16.5 Å². The molecule has 0 spiro atoms. The standard InChI is InChI=1S/C17H22ClN3O3/c1-20(2)12-8-19-21(15(22)14(12)18)17-6-9-3-10(7-17)5-11(4-9)13(17)16(23)24/h8-11,13H,3-7H2,1-2H3,(H,23,24)/t9-,10-,11?,13+,17?/m0/s1. The van der Waals surface area contributed by atoms with Crippen LogP contribution in [0.1, 0.15) is 32.1 Å². The monoisotopic (exact) mass is 351 g/mol. The lowest BCUT2D eigenvalue weighted by molar-refractivity contribution is -0.168. The fraction of sp³-hybridized carbons (Fsp3) is 0.706. The highest BCUT2D eigenvalue weighted by Crippen LogP contribution is 2.61. The first-order chi connectivity index (χ1) is 11.3. The summed E-state index contributed by atoms with van der Waals surface area (Å²) in [5, 5.41) is 14.4. The molecule has 6 nitrogen and oxygen atoms in total. The maximum Gasteiger partial charge on any atom is 0.309 e. The number of carbonyl (C=O) groups is 1. The van der Waals surface area contributed by atoms with Gasteiger partial charge < -0.3 is 10.0 Å². The van der Waals surface area contributed by atoms with E-state index >= 15 is 0 Å². The second-order valence-corrected chi connectivity index (χ2v) is 8.36. The number of anilines is 1. The molecule has 1 heterocycles. The average Bonchev–Trinajstić information content (AvgIpc) is 2.47. The fourth-order valence-electron chi connectivity index (χ4n) is 5.79. The van der Waals surface area contributed by atoms with Gasteiger partial charge in [0.05, 0.1) is 23.3 Å². The van der Waals surface area contributed by atoms with Crippen molar-refractivity contribution in [3.8, 4) is 0 Å². The largest absolute Gasteiger partial charge is 0.481 e. The fourth-order valence-corrected chi connectivity index (χ4v) is 6.08. The van der Waals surface area contributed by atoms with Gasteiger partial charge in [-0.2, -0.15) is 5.10 Å². The second-order valence-electron chi connectivity index (χ2n) is 7.98. The van der Waals surface area contributed by atoms with Crippen molar-refractivity contribution in [1.29, 1.82) is 0 Å². The van der Waals surface area contributed by atoms with Crippen molar-refractivity contribution in [2.75, 3.05) is 19.0 Å². The summed E-state index contributed by atoms with van der Waals surface area (Å²) in [5.41, 5.74) is -0.517. The van der Waals surface area contributed by atoms with Crippen LogP contribution in [0.25, 0.3) is 0 Å². The van der Waals surface area contributed by atoms with Crippen LogP contribution in [0.5, 0.6) is 0 Å². The lowest BCUT2D eigenvalue weighted by atomic mass is 9.48. The highest BCUT2D eigenvalue weighted by molar-refractivity contribution is 6.33. The van der Waals surface area contributed by atoms with Gasteiger partial charge in [0, 0.05) is 14.1 Å². The molecule has 0 aromatic carbocycles. The Labute approximate surface area is 145 Å². The molecule has 4 fully saturated rings. The van der Waals surface area contributed by atoms with Gasteiger partial charge in [0.2, 0.25) is 0 Å². The van der Waals surface area contributed by atoms with Gasteiger partial charge in [-0.15, -0.1) is 0 Å². The van der Waals surface area contributed by atoms with E-state index in [4.69, 9.17) is 11.6 Å². The Balaban J connectivity index is 1.89. The Morgan fingerprint density at radius 2 is 1.96 bits per heavy atom. The minimum atomic E-state index is -0.805. The summed E-state index contributed by atoms with van der Waals surface area (Å²) in [6.07, 6.45) is 6.12. The van der Waals surface area contributed by atoms with Gasteiger partial charge in [0.25, 0.3) is 5.56 Å². The van der Waals surface area contributed by atoms with E-state index < -0.39 is 17.4 Å². The van der Waals surface area contributed by atoms with E-state index in [1.807, 2.05) is 0 Å². The molecule has 4 aliphatic rings. The number of aliphatic carboxylic acids is 1. The zero-order valence-corrected chi connectivity index (χ0v) is 14.7. The molecule has 1 N–H and O–H groups in total. The third kappa shape index (κ3) is 2.05. The highest BCUT2D eigenvalue weighted by Gasteiger charge is 2.61. The first kappa shape index (κ1) is 15.9. The lowest BCUT2D eigenvalue weighted by Gasteiger charge is -2.59. The molecule has 0 amide bonds. The maximum atomic E-state index is 12.9. The topological polar surface area (TPSA) is 75.4 Å². The molecule has 0 saturated heterocycles. The van der Waals surface area contributed by atoms with Crippen molar-refractivity contribution in [3.05, 3.63) is 21.6 Å². The van der Waals surface area contributed by atoms with E-state index in [0.717, 1.165) is 32.1 Å². The average molecular weight is 352 g/mol. The Hall–Kier alpha value is -1.56. The minimum Gasteiger partial charge on any atom is -0.481 e. The zero-order chi connectivity index (χ0) is 17.2. The van der Waals surface area contributed by atoms with Crippen molar-refractivity contribution in [2.45, 2.75) is 37.6 Å². The summed E-state index contributed by atoms with van der Waals surface area (Å²) in [6.45, 7) is 0. The predicted octanol–water partition coefficient (Wildman–Crippen LogP) is 2.20. The van der Waals surface area contributed by atoms with Crippen LogP contribution in [-0.4, -0.2) is 35.0 Å². The quantitative estimate of drug-likeness (QED) is 0.903. The third-order valence-electron chi connectivity index (χ3n) is 6.34. The molecule has 4 aliphatic carbocycles. The van der Waals surface area contributed by atoms with Crippen LogP contribution in [0, 0.1) is 23.7 Å². The summed E-state index contributed by atoms with van der Waals surface area (Å²) in [4.78, 5) is 26.7. The maximum absolute atomic E-state index is 12.9. The molecule has 0 radical (unpaired) electrons. The van der Waals surface area contributed by atoms with Crippen LogP contribution in [0.15, 0.2) is 11.0 Å². The van der Waals surface area contributed by atoms with E-state index in [0.29, 0.717) is 17.5 Å². The Bertz CT molecular complexity index is 746. The highest BCUT2D eigenvalue weighted by atomic mass is 35.5. The van der Waals surface area contributed by atoms with Gasteiger partial charge in [-0.1, -0.05) is 11.6 Å². The summed E-state index contributed by atoms with van der Waals surface area (Å²) < 4.78 is 1.42. The first-order valence-corrected chi connectivity index (χ1v) is 8.89.